The van der Waals surface area contributed by atoms with Gasteiger partial charge < -0.3 is 10.6 Å². The van der Waals surface area contributed by atoms with E-state index in [9.17, 15) is 14.9 Å². The number of benzene rings is 1. The van der Waals surface area contributed by atoms with Gasteiger partial charge in [-0.2, -0.15) is 0 Å². The quantitative estimate of drug-likeness (QED) is 0.510. The van der Waals surface area contributed by atoms with Crippen LogP contribution < -0.4 is 5.73 Å². The third-order valence-corrected chi connectivity index (χ3v) is 4.88. The van der Waals surface area contributed by atoms with E-state index < -0.39 is 4.92 Å². The van der Waals surface area contributed by atoms with Crippen molar-refractivity contribution in [2.24, 2.45) is 5.73 Å². The number of nitro benzene ring substituents is 1. The lowest BCUT2D eigenvalue weighted by molar-refractivity contribution is -0.384. The Balaban J connectivity index is 1.92. The van der Waals surface area contributed by atoms with Crippen LogP contribution in [0.3, 0.4) is 0 Å². The molecule has 2 rings (SSSR count). The number of amides is 1. The molecule has 2 unspecified atom stereocenters. The second-order valence-electron chi connectivity index (χ2n) is 5.55. The summed E-state index contributed by atoms with van der Waals surface area (Å²) in [5.41, 5.74) is 6.04. The molecule has 1 aliphatic rings. The molecule has 1 heterocycles. The van der Waals surface area contributed by atoms with Crippen molar-refractivity contribution in [3.05, 3.63) is 34.4 Å². The predicted molar refractivity (Wildman–Crippen MR) is 86.8 cm³/mol. The molecule has 1 saturated heterocycles. The smallest absolute Gasteiger partial charge is 0.269 e. The van der Waals surface area contributed by atoms with Crippen molar-refractivity contribution < 1.29 is 9.72 Å². The molecular formula is C15H21N3O3S. The zero-order chi connectivity index (χ0) is 16.1. The van der Waals surface area contributed by atoms with Crippen molar-refractivity contribution in [1.29, 1.82) is 0 Å². The van der Waals surface area contributed by atoms with E-state index in [0.29, 0.717) is 5.75 Å². The van der Waals surface area contributed by atoms with Gasteiger partial charge in [-0.05, 0) is 38.3 Å². The topological polar surface area (TPSA) is 89.5 Å². The Morgan fingerprint density at radius 1 is 1.45 bits per heavy atom. The molecule has 0 radical (unpaired) electrons. The van der Waals surface area contributed by atoms with Gasteiger partial charge in [0.2, 0.25) is 5.91 Å². The highest BCUT2D eigenvalue weighted by Crippen LogP contribution is 2.24. The molecule has 0 saturated carbocycles. The number of piperidine rings is 1. The first-order valence-electron chi connectivity index (χ1n) is 7.41. The molecule has 1 aromatic rings. The highest BCUT2D eigenvalue weighted by molar-refractivity contribution is 8.00. The van der Waals surface area contributed by atoms with Gasteiger partial charge in [0.05, 0.1) is 10.7 Å². The summed E-state index contributed by atoms with van der Waals surface area (Å²) in [6.45, 7) is 2.71. The Hall–Kier alpha value is -1.60. The Morgan fingerprint density at radius 3 is 2.73 bits per heavy atom. The summed E-state index contributed by atoms with van der Waals surface area (Å²) in [5, 5.41) is 10.6. The summed E-state index contributed by atoms with van der Waals surface area (Å²) in [4.78, 5) is 25.3. The van der Waals surface area contributed by atoms with Crippen molar-refractivity contribution in [3.8, 4) is 0 Å². The van der Waals surface area contributed by atoms with Crippen LogP contribution in [0.25, 0.3) is 0 Å². The summed E-state index contributed by atoms with van der Waals surface area (Å²) in [5.74, 6) is 0.423. The summed E-state index contributed by atoms with van der Waals surface area (Å²) in [7, 11) is 0. The molecule has 120 valence electrons. The van der Waals surface area contributed by atoms with Crippen molar-refractivity contribution in [1.82, 2.24) is 4.90 Å². The molecule has 2 atom stereocenters. The predicted octanol–water partition coefficient (Wildman–Crippen LogP) is 2.42. The van der Waals surface area contributed by atoms with Gasteiger partial charge in [-0.1, -0.05) is 0 Å². The number of hydrogen-bond acceptors (Lipinski definition) is 5. The standard InChI is InChI=1S/C15H21N3O3S/c1-11(16)14-4-2-3-9-17(14)15(19)10-22-13-7-5-12(6-8-13)18(20)21/h5-8,11,14H,2-4,9-10,16H2,1H3. The first-order chi connectivity index (χ1) is 10.5. The zero-order valence-electron chi connectivity index (χ0n) is 12.6. The number of carbonyl (C=O) groups excluding carboxylic acids is 1. The fourth-order valence-corrected chi connectivity index (χ4v) is 3.49. The average molecular weight is 323 g/mol. The van der Waals surface area contributed by atoms with Crippen LogP contribution in [0, 0.1) is 10.1 Å². The van der Waals surface area contributed by atoms with Crippen molar-refractivity contribution in [3.63, 3.8) is 0 Å². The summed E-state index contributed by atoms with van der Waals surface area (Å²) < 4.78 is 0. The van der Waals surface area contributed by atoms with Gasteiger partial charge in [0.1, 0.15) is 0 Å². The number of nitrogens with two attached hydrogens (primary N) is 1. The third-order valence-electron chi connectivity index (χ3n) is 3.89. The molecular weight excluding hydrogens is 302 g/mol. The van der Waals surface area contributed by atoms with E-state index in [4.69, 9.17) is 5.73 Å². The van der Waals surface area contributed by atoms with Gasteiger partial charge in [-0.15, -0.1) is 11.8 Å². The zero-order valence-corrected chi connectivity index (χ0v) is 13.4. The van der Waals surface area contributed by atoms with E-state index in [1.165, 1.54) is 23.9 Å². The van der Waals surface area contributed by atoms with Crippen molar-refractivity contribution >= 4 is 23.4 Å². The second-order valence-corrected chi connectivity index (χ2v) is 6.60. The Kier molecular flexibility index (Phi) is 5.79. The Morgan fingerprint density at radius 2 is 2.14 bits per heavy atom. The van der Waals surface area contributed by atoms with Crippen LogP contribution in [0.5, 0.6) is 0 Å². The van der Waals surface area contributed by atoms with Gasteiger partial charge in [0.15, 0.2) is 0 Å². The molecule has 0 aromatic heterocycles. The molecule has 6 nitrogen and oxygen atoms in total. The molecule has 0 spiro atoms. The normalized spacial score (nSPS) is 19.7. The number of rotatable bonds is 5. The number of non-ortho nitro benzene ring substituents is 1. The number of likely N-dealkylation sites (tertiary alicyclic amines) is 1. The monoisotopic (exact) mass is 323 g/mol. The van der Waals surface area contributed by atoms with E-state index in [0.717, 1.165) is 30.7 Å². The molecule has 22 heavy (non-hydrogen) atoms. The third kappa shape index (κ3) is 4.20. The maximum absolute atomic E-state index is 12.4. The highest BCUT2D eigenvalue weighted by Gasteiger charge is 2.28. The highest BCUT2D eigenvalue weighted by atomic mass is 32.2. The fraction of sp³-hybridized carbons (Fsp3) is 0.533. The number of hydrogen-bond donors (Lipinski definition) is 1. The van der Waals surface area contributed by atoms with Crippen LogP contribution in [0.1, 0.15) is 26.2 Å². The lowest BCUT2D eigenvalue weighted by Crippen LogP contribution is -2.52. The molecule has 1 aromatic carbocycles. The van der Waals surface area contributed by atoms with Gasteiger partial charge in [-0.3, -0.25) is 14.9 Å². The molecule has 0 aliphatic carbocycles. The Labute approximate surface area is 134 Å². The van der Waals surface area contributed by atoms with Gasteiger partial charge in [0.25, 0.3) is 5.69 Å². The largest absolute Gasteiger partial charge is 0.337 e. The van der Waals surface area contributed by atoms with Crippen LogP contribution in [-0.4, -0.2) is 40.1 Å². The molecule has 2 N–H and O–H groups in total. The lowest BCUT2D eigenvalue weighted by Gasteiger charge is -2.38. The molecule has 1 amide bonds. The van der Waals surface area contributed by atoms with Crippen molar-refractivity contribution in [2.45, 2.75) is 43.2 Å². The molecule has 1 fully saturated rings. The molecule has 7 heteroatoms. The summed E-state index contributed by atoms with van der Waals surface area (Å²) in [6, 6.07) is 6.37. The molecule has 1 aliphatic heterocycles. The van der Waals surface area contributed by atoms with Gasteiger partial charge in [0, 0.05) is 35.7 Å². The minimum absolute atomic E-state index is 0.0198. The minimum Gasteiger partial charge on any atom is -0.337 e. The van der Waals surface area contributed by atoms with Crippen LogP contribution in [0.4, 0.5) is 5.69 Å². The lowest BCUT2D eigenvalue weighted by atomic mass is 9.97. The fourth-order valence-electron chi connectivity index (χ4n) is 2.71. The Bertz CT molecular complexity index is 533. The summed E-state index contributed by atoms with van der Waals surface area (Å²) >= 11 is 1.40. The van der Waals surface area contributed by atoms with Gasteiger partial charge >= 0.3 is 0 Å². The van der Waals surface area contributed by atoms with E-state index in [1.54, 1.807) is 12.1 Å². The number of nitro groups is 1. The SMILES string of the molecule is CC(N)C1CCCCN1C(=O)CSc1ccc([N+](=O)[O-])cc1. The second kappa shape index (κ2) is 7.60. The van der Waals surface area contributed by atoms with E-state index in [1.807, 2.05) is 11.8 Å². The van der Waals surface area contributed by atoms with Crippen LogP contribution in [0.2, 0.25) is 0 Å². The van der Waals surface area contributed by atoms with Gasteiger partial charge in [-0.25, -0.2) is 0 Å². The summed E-state index contributed by atoms with van der Waals surface area (Å²) in [6.07, 6.45) is 3.11. The average Bonchev–Trinajstić information content (AvgIpc) is 2.53. The first-order valence-corrected chi connectivity index (χ1v) is 8.40. The number of thioether (sulfide) groups is 1. The first kappa shape index (κ1) is 16.8. The number of nitrogens with zero attached hydrogens (tertiary/aromatic N) is 2. The van der Waals surface area contributed by atoms with Crippen LogP contribution >= 0.6 is 11.8 Å². The minimum atomic E-state index is -0.430. The molecule has 0 bridgehead atoms. The van der Waals surface area contributed by atoms with E-state index in [2.05, 4.69) is 0 Å². The van der Waals surface area contributed by atoms with Crippen LogP contribution in [-0.2, 0) is 4.79 Å². The number of carbonyl (C=O) groups is 1. The maximum atomic E-state index is 12.4. The van der Waals surface area contributed by atoms with Crippen molar-refractivity contribution in [2.75, 3.05) is 12.3 Å². The van der Waals surface area contributed by atoms with E-state index in [-0.39, 0.29) is 23.7 Å². The maximum Gasteiger partial charge on any atom is 0.269 e. The van der Waals surface area contributed by atoms with E-state index >= 15 is 0 Å². The van der Waals surface area contributed by atoms with Crippen LogP contribution in [0.15, 0.2) is 29.2 Å².